The molecular weight excluding hydrogens is 427 g/mol. The number of hydrazine groups is 1. The van der Waals surface area contributed by atoms with E-state index in [1.807, 2.05) is 0 Å². The fraction of sp³-hybridized carbons (Fsp3) is 0.474. The predicted octanol–water partition coefficient (Wildman–Crippen LogP) is 1.60. The Labute approximate surface area is 179 Å². The van der Waals surface area contributed by atoms with E-state index in [4.69, 9.17) is 4.42 Å². The molecular formula is C19H25FN6O4S. The van der Waals surface area contributed by atoms with Gasteiger partial charge in [-0.05, 0) is 38.8 Å². The molecule has 1 aliphatic rings. The number of amides is 1. The minimum atomic E-state index is -3.91. The van der Waals surface area contributed by atoms with Crippen molar-refractivity contribution in [3.63, 3.8) is 0 Å². The topological polar surface area (TPSA) is 139 Å². The number of nitrogens with one attached hydrogen (secondary N) is 3. The summed E-state index contributed by atoms with van der Waals surface area (Å²) < 4.78 is 46.3. The molecule has 1 atom stereocenters. The number of aryl methyl sites for hydroxylation is 1. The second-order valence-electron chi connectivity index (χ2n) is 7.38. The highest BCUT2D eigenvalue weighted by molar-refractivity contribution is 7.90. The van der Waals surface area contributed by atoms with Crippen LogP contribution in [0.25, 0.3) is 0 Å². The molecule has 1 unspecified atom stereocenters. The SMILES string of the molecule is Cc1ccc(C(=O)NN/C(=N/C2CCCC2)NS(=O)(=O)C(C)Cc2ncc(F)cn2)o1. The molecule has 0 aromatic carbocycles. The van der Waals surface area contributed by atoms with Gasteiger partial charge in [-0.1, -0.05) is 12.8 Å². The van der Waals surface area contributed by atoms with Crippen molar-refractivity contribution in [1.82, 2.24) is 25.5 Å². The number of hydrogen-bond acceptors (Lipinski definition) is 7. The van der Waals surface area contributed by atoms with Crippen LogP contribution >= 0.6 is 0 Å². The quantitative estimate of drug-likeness (QED) is 0.344. The molecule has 2 aromatic rings. The van der Waals surface area contributed by atoms with E-state index in [-0.39, 0.29) is 30.0 Å². The van der Waals surface area contributed by atoms with Crippen molar-refractivity contribution in [2.24, 2.45) is 4.99 Å². The van der Waals surface area contributed by atoms with Crippen LogP contribution in [0.2, 0.25) is 0 Å². The zero-order valence-corrected chi connectivity index (χ0v) is 18.1. The van der Waals surface area contributed by atoms with Crippen molar-refractivity contribution < 1.29 is 22.0 Å². The van der Waals surface area contributed by atoms with Gasteiger partial charge in [-0.25, -0.2) is 27.8 Å². The number of aliphatic imine (C=N–C) groups is 1. The van der Waals surface area contributed by atoms with Gasteiger partial charge in [0.25, 0.3) is 0 Å². The number of aromatic nitrogens is 2. The number of halogens is 1. The predicted molar refractivity (Wildman–Crippen MR) is 111 cm³/mol. The molecule has 168 valence electrons. The summed E-state index contributed by atoms with van der Waals surface area (Å²) in [6.07, 6.45) is 5.61. The summed E-state index contributed by atoms with van der Waals surface area (Å²) >= 11 is 0. The maximum Gasteiger partial charge on any atom is 0.305 e. The number of carbonyl (C=O) groups is 1. The summed E-state index contributed by atoms with van der Waals surface area (Å²) in [6, 6.07) is 3.10. The van der Waals surface area contributed by atoms with E-state index >= 15 is 0 Å². The largest absolute Gasteiger partial charge is 0.456 e. The molecule has 1 saturated carbocycles. The third-order valence-electron chi connectivity index (χ3n) is 4.81. The van der Waals surface area contributed by atoms with Gasteiger partial charge in [-0.3, -0.25) is 20.4 Å². The standard InChI is InChI=1S/C19H25FN6O4S/c1-12-7-8-16(30-12)18(27)24-25-19(23-15-5-3-4-6-15)26-31(28,29)13(2)9-17-21-10-14(20)11-22-17/h7-8,10-11,13,15H,3-6,9H2,1-2H3,(H,24,27)(H2,23,25,26). The lowest BCUT2D eigenvalue weighted by molar-refractivity contribution is 0.0914. The van der Waals surface area contributed by atoms with Gasteiger partial charge in [0.2, 0.25) is 16.0 Å². The molecule has 3 rings (SSSR count). The Morgan fingerprint density at radius 1 is 1.26 bits per heavy atom. The van der Waals surface area contributed by atoms with Crippen LogP contribution in [0.15, 0.2) is 33.9 Å². The first-order valence-electron chi connectivity index (χ1n) is 9.91. The van der Waals surface area contributed by atoms with Crippen LogP contribution < -0.4 is 15.6 Å². The van der Waals surface area contributed by atoms with Gasteiger partial charge in [0.05, 0.1) is 23.7 Å². The fourth-order valence-electron chi connectivity index (χ4n) is 3.08. The highest BCUT2D eigenvalue weighted by atomic mass is 32.2. The second kappa shape index (κ2) is 9.86. The van der Waals surface area contributed by atoms with Crippen molar-refractivity contribution >= 4 is 21.9 Å². The number of sulfonamides is 1. The van der Waals surface area contributed by atoms with Gasteiger partial charge < -0.3 is 4.42 Å². The van der Waals surface area contributed by atoms with E-state index in [9.17, 15) is 17.6 Å². The van der Waals surface area contributed by atoms with Crippen molar-refractivity contribution in [2.75, 3.05) is 0 Å². The van der Waals surface area contributed by atoms with Crippen LogP contribution in [0, 0.1) is 12.7 Å². The molecule has 0 radical (unpaired) electrons. The van der Waals surface area contributed by atoms with Crippen molar-refractivity contribution in [3.8, 4) is 0 Å². The minimum Gasteiger partial charge on any atom is -0.456 e. The van der Waals surface area contributed by atoms with Crippen LogP contribution in [0.5, 0.6) is 0 Å². The Bertz CT molecular complexity index is 1030. The number of nitrogens with zero attached hydrogens (tertiary/aromatic N) is 3. The molecule has 2 heterocycles. The van der Waals surface area contributed by atoms with Crippen LogP contribution in [-0.4, -0.2) is 41.5 Å². The summed E-state index contributed by atoms with van der Waals surface area (Å²) in [7, 11) is -3.91. The first-order valence-corrected chi connectivity index (χ1v) is 11.5. The Hall–Kier alpha value is -3.02. The lowest BCUT2D eigenvalue weighted by atomic mass is 10.3. The lowest BCUT2D eigenvalue weighted by Gasteiger charge is -2.18. The van der Waals surface area contributed by atoms with Gasteiger partial charge in [-0.15, -0.1) is 0 Å². The Morgan fingerprint density at radius 3 is 2.55 bits per heavy atom. The average molecular weight is 453 g/mol. The van der Waals surface area contributed by atoms with Crippen LogP contribution in [0.4, 0.5) is 4.39 Å². The molecule has 0 aliphatic heterocycles. The smallest absolute Gasteiger partial charge is 0.305 e. The normalized spacial score (nSPS) is 16.2. The molecule has 12 heteroatoms. The molecule has 1 amide bonds. The Morgan fingerprint density at radius 2 is 1.94 bits per heavy atom. The number of carbonyl (C=O) groups excluding carboxylic acids is 1. The lowest BCUT2D eigenvalue weighted by Crippen LogP contribution is -2.51. The second-order valence-corrected chi connectivity index (χ2v) is 9.48. The van der Waals surface area contributed by atoms with Gasteiger partial charge in [0.1, 0.15) is 11.6 Å². The van der Waals surface area contributed by atoms with Gasteiger partial charge in [0, 0.05) is 6.42 Å². The average Bonchev–Trinajstić information content (AvgIpc) is 3.39. The zero-order valence-electron chi connectivity index (χ0n) is 17.3. The van der Waals surface area contributed by atoms with E-state index in [1.54, 1.807) is 13.0 Å². The summed E-state index contributed by atoms with van der Waals surface area (Å²) in [5, 5.41) is -0.933. The summed E-state index contributed by atoms with van der Waals surface area (Å²) in [5.74, 6) is -0.412. The third kappa shape index (κ3) is 6.48. The minimum absolute atomic E-state index is 0.0235. The van der Waals surface area contributed by atoms with Crippen LogP contribution in [0.1, 0.15) is 54.7 Å². The number of guanidine groups is 1. The third-order valence-corrected chi connectivity index (χ3v) is 6.51. The van der Waals surface area contributed by atoms with E-state index < -0.39 is 27.0 Å². The number of rotatable bonds is 6. The molecule has 10 nitrogen and oxygen atoms in total. The van der Waals surface area contributed by atoms with Gasteiger partial charge in [0.15, 0.2) is 11.6 Å². The maximum atomic E-state index is 13.0. The van der Waals surface area contributed by atoms with Crippen LogP contribution in [-0.2, 0) is 16.4 Å². The van der Waals surface area contributed by atoms with Crippen molar-refractivity contribution in [2.45, 2.75) is 57.2 Å². The molecule has 3 N–H and O–H groups in total. The highest BCUT2D eigenvalue weighted by Gasteiger charge is 2.25. The fourth-order valence-corrected chi connectivity index (χ4v) is 4.02. The number of furan rings is 1. The first-order chi connectivity index (χ1) is 14.7. The van der Waals surface area contributed by atoms with Gasteiger partial charge in [-0.2, -0.15) is 0 Å². The van der Waals surface area contributed by atoms with E-state index in [2.05, 4.69) is 30.5 Å². The van der Waals surface area contributed by atoms with Crippen molar-refractivity contribution in [3.05, 3.63) is 47.7 Å². The Kier molecular flexibility index (Phi) is 7.21. The van der Waals surface area contributed by atoms with E-state index in [0.717, 1.165) is 38.1 Å². The van der Waals surface area contributed by atoms with E-state index in [1.165, 1.54) is 13.0 Å². The van der Waals surface area contributed by atoms with Gasteiger partial charge >= 0.3 is 5.91 Å². The highest BCUT2D eigenvalue weighted by Crippen LogP contribution is 2.20. The molecule has 1 fully saturated rings. The molecule has 0 saturated heterocycles. The summed E-state index contributed by atoms with van der Waals surface area (Å²) in [5.41, 5.74) is 4.95. The monoisotopic (exact) mass is 452 g/mol. The van der Waals surface area contributed by atoms with E-state index in [0.29, 0.717) is 5.76 Å². The molecule has 0 spiro atoms. The maximum absolute atomic E-state index is 13.0. The molecule has 1 aliphatic carbocycles. The van der Waals surface area contributed by atoms with Crippen LogP contribution in [0.3, 0.4) is 0 Å². The molecule has 2 aromatic heterocycles. The summed E-state index contributed by atoms with van der Waals surface area (Å²) in [6.45, 7) is 3.18. The molecule has 0 bridgehead atoms. The summed E-state index contributed by atoms with van der Waals surface area (Å²) in [4.78, 5) is 24.2. The molecule has 31 heavy (non-hydrogen) atoms. The zero-order chi connectivity index (χ0) is 22.4. The Balaban J connectivity index is 1.68. The first kappa shape index (κ1) is 22.7. The van der Waals surface area contributed by atoms with Crippen molar-refractivity contribution in [1.29, 1.82) is 0 Å². The number of hydrogen-bond donors (Lipinski definition) is 3.